The molecule has 0 amide bonds. The molecule has 1 saturated heterocycles. The highest BCUT2D eigenvalue weighted by Gasteiger charge is 2.19. The zero-order valence-electron chi connectivity index (χ0n) is 18.3. The van der Waals surface area contributed by atoms with E-state index in [2.05, 4.69) is 51.6 Å². The lowest BCUT2D eigenvalue weighted by Crippen LogP contribution is -2.48. The summed E-state index contributed by atoms with van der Waals surface area (Å²) in [6, 6.07) is 6.64. The van der Waals surface area contributed by atoms with Crippen LogP contribution in [0.15, 0.2) is 29.4 Å². The van der Waals surface area contributed by atoms with Crippen LogP contribution in [0.3, 0.4) is 0 Å². The predicted octanol–water partition coefficient (Wildman–Crippen LogP) is 2.81. The van der Waals surface area contributed by atoms with Crippen LogP contribution in [0.25, 0.3) is 5.82 Å². The van der Waals surface area contributed by atoms with Gasteiger partial charge in [-0.25, -0.2) is 14.7 Å². The number of nitrogens with zero attached hydrogens (tertiary/aromatic N) is 5. The maximum Gasteiger partial charge on any atom is 0.191 e. The fourth-order valence-corrected chi connectivity index (χ4v) is 3.80. The Bertz CT molecular complexity index is 786. The highest BCUT2D eigenvalue weighted by atomic mass is 15.3. The summed E-state index contributed by atoms with van der Waals surface area (Å²) in [5, 5.41) is 11.5. The van der Waals surface area contributed by atoms with Gasteiger partial charge in [-0.1, -0.05) is 13.0 Å². The summed E-state index contributed by atoms with van der Waals surface area (Å²) in [6.07, 6.45) is 5.46. The topological polar surface area (TPSA) is 70.4 Å². The van der Waals surface area contributed by atoms with Gasteiger partial charge in [-0.3, -0.25) is 0 Å². The van der Waals surface area contributed by atoms with Crippen molar-refractivity contribution in [2.24, 2.45) is 4.99 Å². The molecule has 3 heterocycles. The predicted molar refractivity (Wildman–Crippen MR) is 119 cm³/mol. The fraction of sp³-hybridized carbons (Fsp3) is 0.591. The minimum atomic E-state index is 0.493. The molecule has 1 fully saturated rings. The number of hydrogen-bond acceptors (Lipinski definition) is 4. The van der Waals surface area contributed by atoms with E-state index in [1.807, 2.05) is 30.8 Å². The van der Waals surface area contributed by atoms with Crippen LogP contribution in [0.2, 0.25) is 0 Å². The van der Waals surface area contributed by atoms with E-state index in [0.29, 0.717) is 12.6 Å². The van der Waals surface area contributed by atoms with E-state index in [9.17, 15) is 0 Å². The highest BCUT2D eigenvalue weighted by molar-refractivity contribution is 5.80. The van der Waals surface area contributed by atoms with Crippen molar-refractivity contribution in [3.05, 3.63) is 41.3 Å². The summed E-state index contributed by atoms with van der Waals surface area (Å²) in [4.78, 5) is 11.9. The van der Waals surface area contributed by atoms with Crippen molar-refractivity contribution in [1.29, 1.82) is 0 Å². The molecule has 0 aliphatic carbocycles. The number of rotatable bonds is 7. The summed E-state index contributed by atoms with van der Waals surface area (Å²) in [6.45, 7) is 13.4. The molecule has 0 spiro atoms. The van der Waals surface area contributed by atoms with Gasteiger partial charge in [0.1, 0.15) is 0 Å². The molecule has 158 valence electrons. The van der Waals surface area contributed by atoms with E-state index in [4.69, 9.17) is 4.99 Å². The molecular weight excluding hydrogens is 362 g/mol. The molecular formula is C22H35N7. The number of nitrogens with one attached hydrogen (secondary N) is 2. The Morgan fingerprint density at radius 1 is 1.21 bits per heavy atom. The first-order valence-electron chi connectivity index (χ1n) is 10.8. The second kappa shape index (κ2) is 10.4. The number of aromatic nitrogens is 3. The Hall–Kier alpha value is -2.41. The molecule has 1 aliphatic heterocycles. The molecule has 0 radical (unpaired) electrons. The number of pyridine rings is 1. The summed E-state index contributed by atoms with van der Waals surface area (Å²) >= 11 is 0. The summed E-state index contributed by atoms with van der Waals surface area (Å²) in [5.41, 5.74) is 3.18. The SMILES string of the molecule is CCCN1CCC(NC(=NCc2ccc(-n3nc(C)cc3C)nc2)NCC)CC1. The average Bonchev–Trinajstić information content (AvgIpc) is 3.06. The van der Waals surface area contributed by atoms with Gasteiger partial charge in [0.05, 0.1) is 12.2 Å². The summed E-state index contributed by atoms with van der Waals surface area (Å²) in [7, 11) is 0. The van der Waals surface area contributed by atoms with Gasteiger partial charge in [0.25, 0.3) is 0 Å². The Morgan fingerprint density at radius 3 is 2.59 bits per heavy atom. The van der Waals surface area contributed by atoms with Gasteiger partial charge >= 0.3 is 0 Å². The summed E-state index contributed by atoms with van der Waals surface area (Å²) < 4.78 is 1.87. The number of likely N-dealkylation sites (tertiary alicyclic amines) is 1. The lowest BCUT2D eigenvalue weighted by Gasteiger charge is -2.32. The maximum absolute atomic E-state index is 4.78. The number of hydrogen-bond donors (Lipinski definition) is 2. The zero-order valence-corrected chi connectivity index (χ0v) is 18.3. The van der Waals surface area contributed by atoms with E-state index >= 15 is 0 Å². The monoisotopic (exact) mass is 397 g/mol. The van der Waals surface area contributed by atoms with Crippen LogP contribution < -0.4 is 10.6 Å². The van der Waals surface area contributed by atoms with E-state index in [0.717, 1.165) is 35.3 Å². The van der Waals surface area contributed by atoms with Gasteiger partial charge in [0.2, 0.25) is 0 Å². The fourth-order valence-electron chi connectivity index (χ4n) is 3.80. The third-order valence-corrected chi connectivity index (χ3v) is 5.27. The second-order valence-corrected chi connectivity index (χ2v) is 7.82. The van der Waals surface area contributed by atoms with E-state index in [-0.39, 0.29) is 0 Å². The third kappa shape index (κ3) is 6.03. The minimum Gasteiger partial charge on any atom is -0.357 e. The number of aliphatic imine (C=N–C) groups is 1. The molecule has 0 bridgehead atoms. The molecule has 1 aliphatic rings. The van der Waals surface area contributed by atoms with E-state index in [1.165, 1.54) is 38.9 Å². The third-order valence-electron chi connectivity index (χ3n) is 5.27. The van der Waals surface area contributed by atoms with Gasteiger partial charge in [-0.2, -0.15) is 5.10 Å². The van der Waals surface area contributed by atoms with Gasteiger partial charge in [0, 0.05) is 37.6 Å². The van der Waals surface area contributed by atoms with Crippen molar-refractivity contribution in [3.63, 3.8) is 0 Å². The van der Waals surface area contributed by atoms with Crippen molar-refractivity contribution in [2.75, 3.05) is 26.2 Å². The molecule has 2 N–H and O–H groups in total. The molecule has 0 atom stereocenters. The molecule has 0 aromatic carbocycles. The van der Waals surface area contributed by atoms with E-state index in [1.54, 1.807) is 0 Å². The van der Waals surface area contributed by atoms with Crippen molar-refractivity contribution >= 4 is 5.96 Å². The van der Waals surface area contributed by atoms with Crippen LogP contribution in [0.1, 0.15) is 50.1 Å². The molecule has 0 unspecified atom stereocenters. The lowest BCUT2D eigenvalue weighted by atomic mass is 10.1. The smallest absolute Gasteiger partial charge is 0.191 e. The highest BCUT2D eigenvalue weighted by Crippen LogP contribution is 2.12. The van der Waals surface area contributed by atoms with Gasteiger partial charge in [-0.05, 0) is 64.3 Å². The molecule has 3 rings (SSSR count). The standard InChI is InChI=1S/C22H35N7/c1-5-11-28-12-9-20(10-13-28)26-22(23-6-2)25-16-19-7-8-21(24-15-19)29-18(4)14-17(3)27-29/h7-8,14-15,20H,5-6,9-13,16H2,1-4H3,(H2,23,25,26). The van der Waals surface area contributed by atoms with Gasteiger partial charge in [-0.15, -0.1) is 0 Å². The molecule has 7 heteroatoms. The normalized spacial score (nSPS) is 16.2. The summed E-state index contributed by atoms with van der Waals surface area (Å²) in [5.74, 6) is 1.73. The van der Waals surface area contributed by atoms with Gasteiger partial charge < -0.3 is 15.5 Å². The first kappa shape index (κ1) is 21.3. The van der Waals surface area contributed by atoms with Crippen LogP contribution in [0.5, 0.6) is 0 Å². The quantitative estimate of drug-likeness (QED) is 0.555. The Balaban J connectivity index is 1.58. The maximum atomic E-state index is 4.78. The van der Waals surface area contributed by atoms with Crippen LogP contribution in [-0.2, 0) is 6.54 Å². The lowest BCUT2D eigenvalue weighted by molar-refractivity contribution is 0.206. The van der Waals surface area contributed by atoms with Crippen molar-refractivity contribution in [1.82, 2.24) is 30.3 Å². The zero-order chi connectivity index (χ0) is 20.6. The number of piperidine rings is 1. The molecule has 0 saturated carbocycles. The molecule has 2 aromatic heterocycles. The number of aryl methyl sites for hydroxylation is 2. The first-order chi connectivity index (χ1) is 14.1. The van der Waals surface area contributed by atoms with Crippen molar-refractivity contribution < 1.29 is 0 Å². The second-order valence-electron chi connectivity index (χ2n) is 7.82. The van der Waals surface area contributed by atoms with Crippen LogP contribution in [0, 0.1) is 13.8 Å². The van der Waals surface area contributed by atoms with Crippen molar-refractivity contribution in [3.8, 4) is 5.82 Å². The number of guanidine groups is 1. The van der Waals surface area contributed by atoms with E-state index < -0.39 is 0 Å². The minimum absolute atomic E-state index is 0.493. The Kier molecular flexibility index (Phi) is 7.63. The van der Waals surface area contributed by atoms with Gasteiger partial charge in [0.15, 0.2) is 11.8 Å². The largest absolute Gasteiger partial charge is 0.357 e. The Morgan fingerprint density at radius 2 is 2.00 bits per heavy atom. The van der Waals surface area contributed by atoms with Crippen LogP contribution in [-0.4, -0.2) is 57.8 Å². The first-order valence-corrected chi connectivity index (χ1v) is 10.8. The Labute approximate surface area is 174 Å². The van der Waals surface area contributed by atoms with Crippen LogP contribution in [0.4, 0.5) is 0 Å². The molecule has 7 nitrogen and oxygen atoms in total. The average molecular weight is 398 g/mol. The molecule has 29 heavy (non-hydrogen) atoms. The molecule has 2 aromatic rings. The van der Waals surface area contributed by atoms with Crippen LogP contribution >= 0.6 is 0 Å². The van der Waals surface area contributed by atoms with Crippen molar-refractivity contribution in [2.45, 2.75) is 59.5 Å².